The van der Waals surface area contributed by atoms with Crippen molar-refractivity contribution in [2.75, 3.05) is 18.1 Å². The Bertz CT molecular complexity index is 450. The molecule has 2 heterocycles. The van der Waals surface area contributed by atoms with Gasteiger partial charge in [-0.2, -0.15) is 0 Å². The summed E-state index contributed by atoms with van der Waals surface area (Å²) in [4.78, 5) is 7.19. The van der Waals surface area contributed by atoms with Gasteiger partial charge in [-0.05, 0) is 31.4 Å². The van der Waals surface area contributed by atoms with Crippen molar-refractivity contribution in [3.8, 4) is 0 Å². The van der Waals surface area contributed by atoms with Crippen LogP contribution in [0, 0.1) is 6.92 Å². The average molecular weight is 281 g/mol. The minimum absolute atomic E-state index is 0.400. The smallest absolute Gasteiger partial charge is 0.129 e. The molecular formula is C15H21ClN2O. The summed E-state index contributed by atoms with van der Waals surface area (Å²) < 4.78 is 5.92. The number of pyridine rings is 1. The molecule has 1 aromatic rings. The second-order valence-corrected chi connectivity index (χ2v) is 5.77. The van der Waals surface area contributed by atoms with Gasteiger partial charge in [-0.25, -0.2) is 4.98 Å². The van der Waals surface area contributed by atoms with Gasteiger partial charge in [0, 0.05) is 18.1 Å². The molecule has 2 atom stereocenters. The predicted molar refractivity (Wildman–Crippen MR) is 77.9 cm³/mol. The predicted octanol–water partition coefficient (Wildman–Crippen LogP) is 3.28. The van der Waals surface area contributed by atoms with Crippen LogP contribution in [-0.4, -0.2) is 30.3 Å². The SMILES string of the molecule is Cc1nc(N2CCOC3CCCCC32)ccc1CCl. The fourth-order valence-corrected chi connectivity index (χ4v) is 3.54. The monoisotopic (exact) mass is 280 g/mol. The maximum Gasteiger partial charge on any atom is 0.129 e. The molecule has 2 unspecified atom stereocenters. The lowest BCUT2D eigenvalue weighted by molar-refractivity contribution is -0.00899. The maximum absolute atomic E-state index is 5.92. The van der Waals surface area contributed by atoms with E-state index < -0.39 is 0 Å². The van der Waals surface area contributed by atoms with Crippen LogP contribution in [0.25, 0.3) is 0 Å². The topological polar surface area (TPSA) is 25.4 Å². The molecule has 0 spiro atoms. The molecule has 4 heteroatoms. The van der Waals surface area contributed by atoms with Crippen molar-refractivity contribution in [3.63, 3.8) is 0 Å². The highest BCUT2D eigenvalue weighted by molar-refractivity contribution is 6.17. The molecule has 1 saturated heterocycles. The highest BCUT2D eigenvalue weighted by Gasteiger charge is 2.34. The normalized spacial score (nSPS) is 27.2. The molecule has 0 radical (unpaired) electrons. The zero-order valence-electron chi connectivity index (χ0n) is 11.4. The second kappa shape index (κ2) is 5.68. The Labute approximate surface area is 119 Å². The lowest BCUT2D eigenvalue weighted by Crippen LogP contribution is -2.53. The number of nitrogens with zero attached hydrogens (tertiary/aromatic N) is 2. The van der Waals surface area contributed by atoms with E-state index >= 15 is 0 Å². The van der Waals surface area contributed by atoms with E-state index in [4.69, 9.17) is 21.3 Å². The third-order valence-electron chi connectivity index (χ3n) is 4.35. The number of anilines is 1. The summed E-state index contributed by atoms with van der Waals surface area (Å²) in [6, 6.07) is 4.73. The van der Waals surface area contributed by atoms with Gasteiger partial charge in [0.25, 0.3) is 0 Å². The van der Waals surface area contributed by atoms with Crippen molar-refractivity contribution in [2.24, 2.45) is 0 Å². The van der Waals surface area contributed by atoms with Crippen LogP contribution in [0.1, 0.15) is 36.9 Å². The van der Waals surface area contributed by atoms with Gasteiger partial charge >= 0.3 is 0 Å². The Morgan fingerprint density at radius 1 is 1.37 bits per heavy atom. The van der Waals surface area contributed by atoms with E-state index in [0.717, 1.165) is 30.2 Å². The minimum Gasteiger partial charge on any atom is -0.374 e. The van der Waals surface area contributed by atoms with Gasteiger partial charge in [-0.3, -0.25) is 0 Å². The number of hydrogen-bond acceptors (Lipinski definition) is 3. The number of alkyl halides is 1. The lowest BCUT2D eigenvalue weighted by atomic mass is 9.90. The first kappa shape index (κ1) is 13.2. The molecule has 1 aromatic heterocycles. The zero-order valence-corrected chi connectivity index (χ0v) is 12.2. The molecule has 19 heavy (non-hydrogen) atoms. The molecule has 1 saturated carbocycles. The van der Waals surface area contributed by atoms with Crippen LogP contribution in [-0.2, 0) is 10.6 Å². The Balaban J connectivity index is 1.85. The molecule has 3 rings (SSSR count). The Hall–Kier alpha value is -0.800. The van der Waals surface area contributed by atoms with E-state index in [2.05, 4.69) is 17.0 Å². The Morgan fingerprint density at radius 2 is 2.21 bits per heavy atom. The van der Waals surface area contributed by atoms with E-state index in [1.165, 1.54) is 25.7 Å². The first-order valence-electron chi connectivity index (χ1n) is 7.20. The van der Waals surface area contributed by atoms with Gasteiger partial charge in [-0.15, -0.1) is 11.6 Å². The summed E-state index contributed by atoms with van der Waals surface area (Å²) in [6.07, 6.45) is 5.42. The first-order chi connectivity index (χ1) is 9.29. The van der Waals surface area contributed by atoms with Crippen LogP contribution in [0.5, 0.6) is 0 Å². The number of hydrogen-bond donors (Lipinski definition) is 0. The molecule has 0 N–H and O–H groups in total. The molecule has 2 aliphatic rings. The molecular weight excluding hydrogens is 260 g/mol. The first-order valence-corrected chi connectivity index (χ1v) is 7.74. The molecule has 0 aromatic carbocycles. The second-order valence-electron chi connectivity index (χ2n) is 5.50. The third-order valence-corrected chi connectivity index (χ3v) is 4.64. The Morgan fingerprint density at radius 3 is 3.00 bits per heavy atom. The molecule has 2 fully saturated rings. The molecule has 3 nitrogen and oxygen atoms in total. The van der Waals surface area contributed by atoms with Crippen LogP contribution >= 0.6 is 11.6 Å². The van der Waals surface area contributed by atoms with E-state index in [0.29, 0.717) is 18.0 Å². The molecule has 1 aliphatic heterocycles. The number of aromatic nitrogens is 1. The van der Waals surface area contributed by atoms with Gasteiger partial charge in [0.05, 0.1) is 18.8 Å². The standard InChI is InChI=1S/C15H21ClN2O/c1-11-12(10-16)6-7-15(17-11)18-8-9-19-14-5-3-2-4-13(14)18/h6-7,13-14H,2-5,8-10H2,1H3. The largest absolute Gasteiger partial charge is 0.374 e. The number of aryl methyl sites for hydroxylation is 1. The maximum atomic E-state index is 5.92. The zero-order chi connectivity index (χ0) is 13.2. The molecule has 1 aliphatic carbocycles. The van der Waals surface area contributed by atoms with Crippen LogP contribution in [0.4, 0.5) is 5.82 Å². The summed E-state index contributed by atoms with van der Waals surface area (Å²) in [5.41, 5.74) is 2.17. The highest BCUT2D eigenvalue weighted by Crippen LogP contribution is 2.31. The summed E-state index contributed by atoms with van der Waals surface area (Å²) in [6.45, 7) is 3.81. The number of rotatable bonds is 2. The van der Waals surface area contributed by atoms with Crippen LogP contribution in [0.2, 0.25) is 0 Å². The quantitative estimate of drug-likeness (QED) is 0.778. The number of morpholine rings is 1. The van der Waals surface area contributed by atoms with Gasteiger partial charge in [-0.1, -0.05) is 18.9 Å². The van der Waals surface area contributed by atoms with Crippen molar-refractivity contribution in [1.29, 1.82) is 0 Å². The summed E-state index contributed by atoms with van der Waals surface area (Å²) in [5.74, 6) is 1.63. The van der Waals surface area contributed by atoms with E-state index in [-0.39, 0.29) is 0 Å². The lowest BCUT2D eigenvalue weighted by Gasteiger charge is -2.44. The van der Waals surface area contributed by atoms with Gasteiger partial charge in [0.2, 0.25) is 0 Å². The van der Waals surface area contributed by atoms with E-state index in [1.807, 2.05) is 6.92 Å². The van der Waals surface area contributed by atoms with Gasteiger partial charge < -0.3 is 9.64 Å². The molecule has 0 bridgehead atoms. The fraction of sp³-hybridized carbons (Fsp3) is 0.667. The van der Waals surface area contributed by atoms with E-state index in [1.54, 1.807) is 0 Å². The third kappa shape index (κ3) is 2.59. The van der Waals surface area contributed by atoms with Crippen molar-refractivity contribution < 1.29 is 4.74 Å². The average Bonchev–Trinajstić information content (AvgIpc) is 2.46. The summed E-state index contributed by atoms with van der Waals surface area (Å²) in [5, 5.41) is 0. The van der Waals surface area contributed by atoms with Crippen molar-refractivity contribution in [3.05, 3.63) is 23.4 Å². The number of fused-ring (bicyclic) bond motifs is 1. The van der Waals surface area contributed by atoms with Crippen LogP contribution in [0.15, 0.2) is 12.1 Å². The number of ether oxygens (including phenoxy) is 1. The van der Waals surface area contributed by atoms with Gasteiger partial charge in [0.15, 0.2) is 0 Å². The van der Waals surface area contributed by atoms with Gasteiger partial charge in [0.1, 0.15) is 5.82 Å². The van der Waals surface area contributed by atoms with Crippen molar-refractivity contribution >= 4 is 17.4 Å². The summed E-state index contributed by atoms with van der Waals surface area (Å²) >= 11 is 5.91. The molecule has 0 amide bonds. The Kier molecular flexibility index (Phi) is 3.94. The van der Waals surface area contributed by atoms with Crippen LogP contribution < -0.4 is 4.90 Å². The van der Waals surface area contributed by atoms with Crippen molar-refractivity contribution in [2.45, 2.75) is 50.6 Å². The minimum atomic E-state index is 0.400. The number of halogens is 1. The van der Waals surface area contributed by atoms with Crippen LogP contribution in [0.3, 0.4) is 0 Å². The highest BCUT2D eigenvalue weighted by atomic mass is 35.5. The summed E-state index contributed by atoms with van der Waals surface area (Å²) in [7, 11) is 0. The fourth-order valence-electron chi connectivity index (χ4n) is 3.26. The van der Waals surface area contributed by atoms with Crippen molar-refractivity contribution in [1.82, 2.24) is 4.98 Å². The molecule has 104 valence electrons. The van der Waals surface area contributed by atoms with E-state index in [9.17, 15) is 0 Å².